The van der Waals surface area contributed by atoms with Gasteiger partial charge in [-0.2, -0.15) is 0 Å². The van der Waals surface area contributed by atoms with Crippen LogP contribution in [0.2, 0.25) is 0 Å². The Morgan fingerprint density at radius 2 is 2.09 bits per heavy atom. The molecule has 0 aromatic carbocycles. The van der Waals surface area contributed by atoms with Gasteiger partial charge < -0.3 is 30.5 Å². The molecule has 1 aliphatic heterocycles. The van der Waals surface area contributed by atoms with Crippen LogP contribution >= 0.6 is 22.9 Å². The summed E-state index contributed by atoms with van der Waals surface area (Å²) in [5.41, 5.74) is 4.31. The second kappa shape index (κ2) is 11.7. The van der Waals surface area contributed by atoms with Crippen LogP contribution in [0.15, 0.2) is 10.5 Å². The molecule has 170 valence electrons. The number of carbonyl (C=O) groups excluding carboxylic acids is 4. The molecule has 0 bridgehead atoms. The Morgan fingerprint density at radius 1 is 1.44 bits per heavy atom. The van der Waals surface area contributed by atoms with Crippen LogP contribution < -0.4 is 45.9 Å². The molecule has 1 aliphatic rings. The van der Waals surface area contributed by atoms with E-state index in [4.69, 9.17) is 17.3 Å². The number of thiazole rings is 1. The fourth-order valence-electron chi connectivity index (χ4n) is 2.38. The summed E-state index contributed by atoms with van der Waals surface area (Å²) < 4.78 is 38.1. The molecule has 2 heterocycles. The normalized spacial score (nSPS) is 18.2. The van der Waals surface area contributed by atoms with Crippen molar-refractivity contribution in [2.24, 2.45) is 10.9 Å². The molecule has 2 rings (SSSR count). The molecule has 4 N–H and O–H groups in total. The summed E-state index contributed by atoms with van der Waals surface area (Å²) in [6, 6.07) is -3.07. The summed E-state index contributed by atoms with van der Waals surface area (Å²) in [6.07, 6.45) is -1.29. The average molecular weight is 521 g/mol. The minimum absolute atomic E-state index is 0. The van der Waals surface area contributed by atoms with E-state index in [1.54, 1.807) is 0 Å². The molecule has 0 saturated carbocycles. The van der Waals surface area contributed by atoms with Crippen LogP contribution in [0.4, 0.5) is 9.93 Å². The van der Waals surface area contributed by atoms with Gasteiger partial charge in [-0.05, 0) is 0 Å². The van der Waals surface area contributed by atoms with E-state index >= 15 is 0 Å². The van der Waals surface area contributed by atoms with Crippen molar-refractivity contribution >= 4 is 67.9 Å². The molecule has 15 nitrogen and oxygen atoms in total. The van der Waals surface area contributed by atoms with E-state index in [9.17, 15) is 32.1 Å². The van der Waals surface area contributed by atoms with E-state index < -0.39 is 58.5 Å². The Bertz CT molecular complexity index is 1030. The molecule has 0 unspecified atom stereocenters. The Hall–Kier alpha value is -2.02. The first kappa shape index (κ1) is 28.0. The van der Waals surface area contributed by atoms with E-state index in [0.717, 1.165) is 18.4 Å². The van der Waals surface area contributed by atoms with Crippen molar-refractivity contribution in [3.63, 3.8) is 0 Å². The van der Waals surface area contributed by atoms with Gasteiger partial charge in [0.05, 0.1) is 0 Å². The molecule has 1 aromatic heterocycles. The Labute approximate surface area is 211 Å². The van der Waals surface area contributed by atoms with Crippen LogP contribution in [0.5, 0.6) is 0 Å². The number of rotatable bonds is 9. The monoisotopic (exact) mass is 520 g/mol. The van der Waals surface area contributed by atoms with Gasteiger partial charge in [0.25, 0.3) is 11.8 Å². The minimum Gasteiger partial charge on any atom is -0.731 e. The molecule has 32 heavy (non-hydrogen) atoms. The second-order valence-electron chi connectivity index (χ2n) is 5.58. The third-order valence-corrected chi connectivity index (χ3v) is 5.54. The van der Waals surface area contributed by atoms with Crippen LogP contribution in [-0.4, -0.2) is 83.5 Å². The number of alkyl halides is 1. The molecule has 0 radical (unpaired) electrons. The number of β-lactam (4-membered cyclic amide) rings is 1. The van der Waals surface area contributed by atoms with E-state index in [2.05, 4.69) is 30.3 Å². The minimum atomic E-state index is -5.24. The van der Waals surface area contributed by atoms with Crippen LogP contribution in [0.1, 0.15) is 5.69 Å². The number of primary amides is 1. The van der Waals surface area contributed by atoms with E-state index in [-0.39, 0.29) is 50.6 Å². The summed E-state index contributed by atoms with van der Waals surface area (Å²) in [5, 5.41) is 9.47. The average Bonchev–Trinajstić information content (AvgIpc) is 3.13. The summed E-state index contributed by atoms with van der Waals surface area (Å²) in [5.74, 6) is -3.17. The number of nitrogens with two attached hydrogens (primary N) is 1. The standard InChI is InChI=1S/C13H15ClN6O9S2.Na/c1-28-19-8(5-4-30-13(16-5)17-7(21)2-14)10(22)18-9-6(3-29-12(15)24)20(11(9)23)31(25,26)27;/h4,6,9H,2-3H2,1H3,(H2,15,24)(H,18,22)(H,16,17,21)(H,25,26,27);/q;+1/p-1/b19-8-;/t6-,9+;/m0./s1. The fourth-order valence-corrected chi connectivity index (χ4v) is 4.01. The molecule has 1 fully saturated rings. The van der Waals surface area contributed by atoms with Crippen molar-refractivity contribution in [1.29, 1.82) is 0 Å². The Balaban J connectivity index is 0.00000512. The number of carbonyl (C=O) groups is 4. The van der Waals surface area contributed by atoms with Crippen molar-refractivity contribution in [3.05, 3.63) is 11.1 Å². The molecule has 4 amide bonds. The van der Waals surface area contributed by atoms with E-state index in [1.165, 1.54) is 5.38 Å². The van der Waals surface area contributed by atoms with Crippen molar-refractivity contribution in [2.75, 3.05) is 24.9 Å². The van der Waals surface area contributed by atoms with Gasteiger partial charge in [-0.3, -0.25) is 14.4 Å². The van der Waals surface area contributed by atoms with E-state index in [0.29, 0.717) is 0 Å². The number of hydrogen-bond donors (Lipinski definition) is 3. The predicted molar refractivity (Wildman–Crippen MR) is 103 cm³/mol. The zero-order valence-electron chi connectivity index (χ0n) is 16.4. The zero-order valence-corrected chi connectivity index (χ0v) is 20.8. The van der Waals surface area contributed by atoms with Gasteiger partial charge >= 0.3 is 35.7 Å². The topological polar surface area (TPSA) is 223 Å². The molecule has 19 heteroatoms. The van der Waals surface area contributed by atoms with Gasteiger partial charge in [0.1, 0.15) is 37.4 Å². The first-order valence-corrected chi connectivity index (χ1v) is 10.7. The van der Waals surface area contributed by atoms with Gasteiger partial charge in [-0.25, -0.2) is 22.5 Å². The van der Waals surface area contributed by atoms with Gasteiger partial charge in [0, 0.05) is 5.38 Å². The van der Waals surface area contributed by atoms with Crippen LogP contribution in [-0.2, 0) is 34.3 Å². The molecular formula is C13H14ClN6NaO9S2. The number of aromatic nitrogens is 1. The van der Waals surface area contributed by atoms with Crippen LogP contribution in [0, 0.1) is 0 Å². The number of nitrogens with zero attached hydrogens (tertiary/aromatic N) is 3. The van der Waals surface area contributed by atoms with Crippen LogP contribution in [0.25, 0.3) is 0 Å². The maximum absolute atomic E-state index is 12.6. The zero-order chi connectivity index (χ0) is 23.3. The van der Waals surface area contributed by atoms with Gasteiger partial charge in [0.2, 0.25) is 5.91 Å². The molecule has 0 spiro atoms. The molecule has 0 aliphatic carbocycles. The molecule has 1 saturated heterocycles. The largest absolute Gasteiger partial charge is 1.00 e. The van der Waals surface area contributed by atoms with Gasteiger partial charge in [0.15, 0.2) is 21.1 Å². The first-order valence-electron chi connectivity index (χ1n) is 7.94. The van der Waals surface area contributed by atoms with Crippen LogP contribution in [0.3, 0.4) is 0 Å². The number of halogens is 1. The first-order chi connectivity index (χ1) is 14.5. The van der Waals surface area contributed by atoms with Crippen molar-refractivity contribution in [3.8, 4) is 0 Å². The van der Waals surface area contributed by atoms with Crippen molar-refractivity contribution in [2.45, 2.75) is 12.1 Å². The smallest absolute Gasteiger partial charge is 0.731 e. The molecule has 1 aromatic rings. The molecule has 2 atom stereocenters. The summed E-state index contributed by atoms with van der Waals surface area (Å²) in [6.45, 7) is -0.768. The SMILES string of the molecule is CO/N=C(\C(=O)N[C@H]1C(=O)N(S(=O)(=O)[O-])[C@H]1COC(N)=O)c1csc(NC(=O)CCl)n1.[Na+]. The molecular weight excluding hydrogens is 507 g/mol. The maximum Gasteiger partial charge on any atom is 1.00 e. The number of hydrogen-bond acceptors (Lipinski definition) is 12. The third kappa shape index (κ3) is 6.74. The second-order valence-corrected chi connectivity index (χ2v) is 7.96. The maximum atomic E-state index is 12.6. The number of ether oxygens (including phenoxy) is 1. The Kier molecular flexibility index (Phi) is 10.3. The quantitative estimate of drug-likeness (QED) is 0.0701. The van der Waals surface area contributed by atoms with E-state index in [1.807, 2.05) is 0 Å². The Morgan fingerprint density at radius 3 is 2.62 bits per heavy atom. The van der Waals surface area contributed by atoms with Gasteiger partial charge in [-0.1, -0.05) is 5.16 Å². The summed E-state index contributed by atoms with van der Waals surface area (Å²) >= 11 is 6.32. The van der Waals surface area contributed by atoms with Crippen molar-refractivity contribution in [1.82, 2.24) is 14.6 Å². The number of oxime groups is 1. The number of nitrogens with one attached hydrogen (secondary N) is 2. The van der Waals surface area contributed by atoms with Crippen molar-refractivity contribution < 1.29 is 71.3 Å². The fraction of sp³-hybridized carbons (Fsp3) is 0.385. The summed E-state index contributed by atoms with van der Waals surface area (Å²) in [7, 11) is -4.12. The third-order valence-electron chi connectivity index (χ3n) is 3.61. The predicted octanol–water partition coefficient (Wildman–Crippen LogP) is -5.07. The van der Waals surface area contributed by atoms with Gasteiger partial charge in [-0.15, -0.1) is 22.9 Å². The summed E-state index contributed by atoms with van der Waals surface area (Å²) in [4.78, 5) is 55.4. The number of anilines is 1. The number of amides is 4.